The number of nitrogens with one attached hydrogen (secondary N) is 2. The number of alkyl carbamates (subject to hydrolysis) is 1. The minimum absolute atomic E-state index is 0.0934. The molecule has 0 spiro atoms. The number of benzene rings is 1. The molecule has 1 amide bonds. The normalized spacial score (nSPS) is 22.1. The number of carbonyl (C=O) groups is 1. The Hall–Kier alpha value is -2.01. The molecule has 110 valence electrons. The summed E-state index contributed by atoms with van der Waals surface area (Å²) in [5.41, 5.74) is 5.26. The van der Waals surface area contributed by atoms with Crippen molar-refractivity contribution < 1.29 is 9.53 Å². The zero-order chi connectivity index (χ0) is 14.4. The van der Waals surface area contributed by atoms with Crippen LogP contribution in [0.25, 0.3) is 10.9 Å². The smallest absolute Gasteiger partial charge is 0.407 e. The maximum Gasteiger partial charge on any atom is 0.407 e. The Morgan fingerprint density at radius 2 is 2.33 bits per heavy atom. The molecule has 1 atom stereocenters. The molecule has 5 heteroatoms. The van der Waals surface area contributed by atoms with Gasteiger partial charge in [0.25, 0.3) is 0 Å². The second-order valence-electron chi connectivity index (χ2n) is 6.09. The number of aromatic nitrogens is 1. The fourth-order valence-corrected chi connectivity index (χ4v) is 3.37. The van der Waals surface area contributed by atoms with E-state index < -0.39 is 0 Å². The Kier molecular flexibility index (Phi) is 2.89. The van der Waals surface area contributed by atoms with Gasteiger partial charge in [0.05, 0.1) is 6.04 Å². The molecule has 5 nitrogen and oxygen atoms in total. The maximum absolute atomic E-state index is 11.1. The van der Waals surface area contributed by atoms with E-state index in [-0.39, 0.29) is 12.1 Å². The summed E-state index contributed by atoms with van der Waals surface area (Å²) in [7, 11) is 2.16. The fourth-order valence-electron chi connectivity index (χ4n) is 3.37. The van der Waals surface area contributed by atoms with E-state index in [1.807, 2.05) is 0 Å². The highest BCUT2D eigenvalue weighted by Gasteiger charge is 2.23. The summed E-state index contributed by atoms with van der Waals surface area (Å²) in [6, 6.07) is 6.65. The van der Waals surface area contributed by atoms with Gasteiger partial charge in [0.2, 0.25) is 0 Å². The molecule has 4 rings (SSSR count). The number of H-pyrrole nitrogens is 1. The molecule has 2 aliphatic heterocycles. The molecule has 0 unspecified atom stereocenters. The van der Waals surface area contributed by atoms with Gasteiger partial charge < -0.3 is 19.9 Å². The van der Waals surface area contributed by atoms with Crippen LogP contribution in [-0.4, -0.2) is 42.2 Å². The monoisotopic (exact) mass is 285 g/mol. The lowest BCUT2D eigenvalue weighted by atomic mass is 10.00. The van der Waals surface area contributed by atoms with Gasteiger partial charge in [-0.1, -0.05) is 6.07 Å². The third kappa shape index (κ3) is 2.27. The Morgan fingerprint density at radius 1 is 1.43 bits per heavy atom. The molecule has 0 aliphatic carbocycles. The molecule has 2 aromatic rings. The highest BCUT2D eigenvalue weighted by Crippen LogP contribution is 2.28. The van der Waals surface area contributed by atoms with Crippen molar-refractivity contribution in [3.63, 3.8) is 0 Å². The number of aromatic amines is 1. The summed E-state index contributed by atoms with van der Waals surface area (Å²) in [5.74, 6) is 0. The van der Waals surface area contributed by atoms with E-state index in [4.69, 9.17) is 4.74 Å². The maximum atomic E-state index is 11.1. The van der Waals surface area contributed by atoms with Gasteiger partial charge in [-0.15, -0.1) is 0 Å². The van der Waals surface area contributed by atoms with E-state index in [9.17, 15) is 4.79 Å². The van der Waals surface area contributed by atoms with Gasteiger partial charge in [0.15, 0.2) is 0 Å². The molecule has 0 saturated carbocycles. The van der Waals surface area contributed by atoms with Gasteiger partial charge in [0, 0.05) is 29.7 Å². The Bertz CT molecular complexity index is 707. The summed E-state index contributed by atoms with van der Waals surface area (Å²) in [5, 5.41) is 4.17. The molecule has 0 radical (unpaired) electrons. The zero-order valence-corrected chi connectivity index (χ0v) is 12.1. The van der Waals surface area contributed by atoms with Crippen molar-refractivity contribution in [2.45, 2.75) is 25.4 Å². The number of likely N-dealkylation sites (N-methyl/N-ethyl adjacent to an activating group) is 1. The van der Waals surface area contributed by atoms with Crippen LogP contribution in [-0.2, 0) is 24.1 Å². The van der Waals surface area contributed by atoms with Crippen LogP contribution >= 0.6 is 0 Å². The van der Waals surface area contributed by atoms with Crippen LogP contribution in [0.1, 0.15) is 16.8 Å². The lowest BCUT2D eigenvalue weighted by molar-refractivity contribution is 0.177. The molecule has 1 saturated heterocycles. The lowest BCUT2D eigenvalue weighted by Crippen LogP contribution is -2.28. The van der Waals surface area contributed by atoms with E-state index in [1.54, 1.807) is 0 Å². The van der Waals surface area contributed by atoms with Crippen LogP contribution in [0, 0.1) is 0 Å². The zero-order valence-electron chi connectivity index (χ0n) is 12.1. The number of cyclic esters (lactones) is 1. The molecule has 1 fully saturated rings. The molecule has 21 heavy (non-hydrogen) atoms. The second-order valence-corrected chi connectivity index (χ2v) is 6.09. The molecule has 2 N–H and O–H groups in total. The van der Waals surface area contributed by atoms with E-state index in [0.29, 0.717) is 6.61 Å². The minimum atomic E-state index is -0.303. The average molecular weight is 285 g/mol. The number of nitrogens with zero attached hydrogens (tertiary/aromatic N) is 1. The number of hydrogen-bond acceptors (Lipinski definition) is 3. The van der Waals surface area contributed by atoms with E-state index >= 15 is 0 Å². The van der Waals surface area contributed by atoms with Gasteiger partial charge >= 0.3 is 6.09 Å². The Balaban J connectivity index is 1.64. The summed E-state index contributed by atoms with van der Waals surface area (Å²) in [6.45, 7) is 2.56. The van der Waals surface area contributed by atoms with Crippen molar-refractivity contribution in [1.29, 1.82) is 0 Å². The molecule has 3 heterocycles. The summed E-state index contributed by atoms with van der Waals surface area (Å²) >= 11 is 0. The first-order valence-electron chi connectivity index (χ1n) is 7.43. The third-order valence-electron chi connectivity index (χ3n) is 4.45. The predicted octanol–water partition coefficient (Wildman–Crippen LogP) is 1.81. The van der Waals surface area contributed by atoms with Crippen molar-refractivity contribution >= 4 is 17.0 Å². The lowest BCUT2D eigenvalue weighted by Gasteiger charge is -2.22. The Labute approximate surface area is 123 Å². The van der Waals surface area contributed by atoms with Crippen LogP contribution < -0.4 is 5.32 Å². The minimum Gasteiger partial charge on any atom is -0.447 e. The molecular weight excluding hydrogens is 266 g/mol. The number of carbonyl (C=O) groups excluding carboxylic acids is 1. The highest BCUT2D eigenvalue weighted by atomic mass is 16.6. The third-order valence-corrected chi connectivity index (χ3v) is 4.45. The molecule has 0 bridgehead atoms. The number of fused-ring (bicyclic) bond motifs is 3. The largest absolute Gasteiger partial charge is 0.447 e. The van der Waals surface area contributed by atoms with Crippen molar-refractivity contribution in [3.8, 4) is 0 Å². The van der Waals surface area contributed by atoms with Crippen molar-refractivity contribution in [1.82, 2.24) is 15.2 Å². The first-order valence-corrected chi connectivity index (χ1v) is 7.43. The van der Waals surface area contributed by atoms with Crippen LogP contribution in [0.5, 0.6) is 0 Å². The fraction of sp³-hybridized carbons (Fsp3) is 0.438. The van der Waals surface area contributed by atoms with Crippen molar-refractivity contribution in [3.05, 3.63) is 35.0 Å². The number of amides is 1. The molecule has 2 aliphatic rings. The summed E-state index contributed by atoms with van der Waals surface area (Å²) in [4.78, 5) is 17.0. The van der Waals surface area contributed by atoms with E-state index in [2.05, 4.69) is 40.4 Å². The van der Waals surface area contributed by atoms with E-state index in [0.717, 1.165) is 25.9 Å². The first kappa shape index (κ1) is 12.7. The van der Waals surface area contributed by atoms with Crippen LogP contribution in [0.3, 0.4) is 0 Å². The summed E-state index contributed by atoms with van der Waals surface area (Å²) in [6.07, 6.45) is 1.61. The average Bonchev–Trinajstić information content (AvgIpc) is 3.01. The predicted molar refractivity (Wildman–Crippen MR) is 80.3 cm³/mol. The van der Waals surface area contributed by atoms with Crippen molar-refractivity contribution in [2.75, 3.05) is 20.2 Å². The summed E-state index contributed by atoms with van der Waals surface area (Å²) < 4.78 is 4.95. The van der Waals surface area contributed by atoms with Crippen molar-refractivity contribution in [2.24, 2.45) is 0 Å². The van der Waals surface area contributed by atoms with Crippen LogP contribution in [0.2, 0.25) is 0 Å². The number of rotatable bonds is 2. The second kappa shape index (κ2) is 4.77. The highest BCUT2D eigenvalue weighted by molar-refractivity contribution is 5.85. The van der Waals surface area contributed by atoms with E-state index in [1.165, 1.54) is 27.7 Å². The van der Waals surface area contributed by atoms with Crippen LogP contribution in [0.15, 0.2) is 18.2 Å². The van der Waals surface area contributed by atoms with Gasteiger partial charge in [-0.3, -0.25) is 0 Å². The molecule has 1 aromatic carbocycles. The quantitative estimate of drug-likeness (QED) is 0.884. The standard InChI is InChI=1S/C16H19N3O2/c1-19-5-4-12-13-7-10(6-11-9-21-16(20)17-11)2-3-14(13)18-15(12)8-19/h2-3,7,11,18H,4-6,8-9H2,1H3,(H,17,20)/t11-/m0/s1. The van der Waals surface area contributed by atoms with Gasteiger partial charge in [-0.25, -0.2) is 4.79 Å². The van der Waals surface area contributed by atoms with Gasteiger partial charge in [-0.05, 0) is 43.1 Å². The van der Waals surface area contributed by atoms with Crippen LogP contribution in [0.4, 0.5) is 4.79 Å². The number of ether oxygens (including phenoxy) is 1. The first-order chi connectivity index (χ1) is 10.2. The Morgan fingerprint density at radius 3 is 3.14 bits per heavy atom. The van der Waals surface area contributed by atoms with Gasteiger partial charge in [-0.2, -0.15) is 0 Å². The SMILES string of the molecule is CN1CCc2c([nH]c3ccc(C[C@H]4COC(=O)N4)cc23)C1. The topological polar surface area (TPSA) is 57.4 Å². The molecular formula is C16H19N3O2. The number of hydrogen-bond donors (Lipinski definition) is 2. The molecule has 1 aromatic heterocycles. The van der Waals surface area contributed by atoms with Gasteiger partial charge in [0.1, 0.15) is 6.61 Å².